The van der Waals surface area contributed by atoms with E-state index in [1.54, 1.807) is 0 Å². The fourth-order valence-electron chi connectivity index (χ4n) is 4.81. The Bertz CT molecular complexity index is 808. The Balaban J connectivity index is 3.67. The monoisotopic (exact) mass is 629 g/mol. The molecular formula is C40H68O5. The zero-order valence-electron chi connectivity index (χ0n) is 29.1. The Morgan fingerprint density at radius 3 is 1.44 bits per heavy atom. The molecule has 0 saturated carbocycles. The van der Waals surface area contributed by atoms with Gasteiger partial charge in [-0.3, -0.25) is 9.59 Å². The molecule has 258 valence electrons. The van der Waals surface area contributed by atoms with Crippen LogP contribution in [0.15, 0.2) is 60.8 Å². The van der Waals surface area contributed by atoms with Gasteiger partial charge in [0.2, 0.25) is 0 Å². The minimum absolute atomic E-state index is 0.0800. The first-order chi connectivity index (χ1) is 22.1. The summed E-state index contributed by atoms with van der Waals surface area (Å²) < 4.78 is 10.6. The van der Waals surface area contributed by atoms with E-state index in [0.29, 0.717) is 12.8 Å². The molecule has 0 aromatic rings. The molecule has 0 aromatic carbocycles. The molecule has 0 radical (unpaired) electrons. The average Bonchev–Trinajstić information content (AvgIpc) is 3.04. The number of carbonyl (C=O) groups is 2. The molecule has 5 nitrogen and oxygen atoms in total. The highest BCUT2D eigenvalue weighted by atomic mass is 16.6. The zero-order valence-corrected chi connectivity index (χ0v) is 29.1. The van der Waals surface area contributed by atoms with Crippen LogP contribution < -0.4 is 0 Å². The summed E-state index contributed by atoms with van der Waals surface area (Å²) in [4.78, 5) is 24.2. The highest BCUT2D eigenvalue weighted by Gasteiger charge is 2.16. The van der Waals surface area contributed by atoms with Crippen molar-refractivity contribution in [3.63, 3.8) is 0 Å². The van der Waals surface area contributed by atoms with Gasteiger partial charge in [0.05, 0.1) is 6.61 Å². The molecule has 0 aliphatic heterocycles. The van der Waals surface area contributed by atoms with E-state index in [0.717, 1.165) is 77.0 Å². The van der Waals surface area contributed by atoms with E-state index in [9.17, 15) is 14.7 Å². The molecule has 0 aliphatic carbocycles. The fraction of sp³-hybridized carbons (Fsp3) is 0.700. The Morgan fingerprint density at radius 1 is 0.533 bits per heavy atom. The normalized spacial score (nSPS) is 12.9. The fourth-order valence-corrected chi connectivity index (χ4v) is 4.81. The number of allylic oxidation sites excluding steroid dienone is 10. The van der Waals surface area contributed by atoms with E-state index in [2.05, 4.69) is 74.6 Å². The van der Waals surface area contributed by atoms with Gasteiger partial charge < -0.3 is 14.6 Å². The smallest absolute Gasteiger partial charge is 0.306 e. The third kappa shape index (κ3) is 34.3. The molecule has 0 fully saturated rings. The molecule has 0 bridgehead atoms. The van der Waals surface area contributed by atoms with E-state index in [-0.39, 0.29) is 25.2 Å². The Hall–Kier alpha value is -2.40. The standard InChI is InChI=1S/C40H68O5/c1-3-5-7-9-11-13-15-17-18-19-20-21-22-23-25-27-29-31-33-35-40(43)45-38(36-41)37-44-39(42)34-32-30-28-26-24-16-14-12-10-8-6-4-2/h5,7,11,13,17-18,20-21,23,25,38,41H,3-4,6,8-10,12,14-16,19,22,24,26-37H2,1-2H3/t38-/m0/s1. The second-order valence-corrected chi connectivity index (χ2v) is 11.9. The molecule has 0 aliphatic rings. The van der Waals surface area contributed by atoms with Crippen LogP contribution in [0, 0.1) is 0 Å². The summed E-state index contributed by atoms with van der Waals surface area (Å²) in [5.74, 6) is -0.632. The summed E-state index contributed by atoms with van der Waals surface area (Å²) in [7, 11) is 0. The van der Waals surface area contributed by atoms with Gasteiger partial charge in [-0.2, -0.15) is 0 Å². The third-order valence-electron chi connectivity index (χ3n) is 7.58. The molecule has 5 heteroatoms. The first kappa shape index (κ1) is 42.6. The van der Waals surface area contributed by atoms with Crippen molar-refractivity contribution in [2.45, 2.75) is 168 Å². The number of aliphatic hydroxyl groups excluding tert-OH is 1. The van der Waals surface area contributed by atoms with Gasteiger partial charge in [0.25, 0.3) is 0 Å². The van der Waals surface area contributed by atoms with Crippen molar-refractivity contribution in [2.24, 2.45) is 0 Å². The van der Waals surface area contributed by atoms with E-state index in [4.69, 9.17) is 9.47 Å². The summed E-state index contributed by atoms with van der Waals surface area (Å²) in [6, 6.07) is 0. The molecule has 1 atom stereocenters. The summed E-state index contributed by atoms with van der Waals surface area (Å²) >= 11 is 0. The Morgan fingerprint density at radius 2 is 0.956 bits per heavy atom. The molecule has 0 heterocycles. The molecule has 0 unspecified atom stereocenters. The molecule has 0 saturated heterocycles. The summed E-state index contributed by atoms with van der Waals surface area (Å²) in [6.07, 6.45) is 45.6. The summed E-state index contributed by atoms with van der Waals surface area (Å²) in [6.45, 7) is 3.98. The van der Waals surface area contributed by atoms with Gasteiger partial charge in [-0.05, 0) is 57.8 Å². The van der Waals surface area contributed by atoms with Crippen LogP contribution in [0.1, 0.15) is 162 Å². The van der Waals surface area contributed by atoms with Gasteiger partial charge >= 0.3 is 11.9 Å². The van der Waals surface area contributed by atoms with Crippen molar-refractivity contribution in [3.8, 4) is 0 Å². The summed E-state index contributed by atoms with van der Waals surface area (Å²) in [5.41, 5.74) is 0. The lowest BCUT2D eigenvalue weighted by Crippen LogP contribution is -2.28. The van der Waals surface area contributed by atoms with Gasteiger partial charge in [-0.25, -0.2) is 0 Å². The molecule has 0 rings (SSSR count). The van der Waals surface area contributed by atoms with Crippen LogP contribution in [0.4, 0.5) is 0 Å². The number of rotatable bonds is 32. The predicted octanol–water partition coefficient (Wildman–Crippen LogP) is 11.2. The number of carbonyl (C=O) groups excluding carboxylic acids is 2. The number of hydrogen-bond acceptors (Lipinski definition) is 5. The Kier molecular flexibility index (Phi) is 34.1. The zero-order chi connectivity index (χ0) is 32.9. The molecule has 0 amide bonds. The Labute approximate surface area is 277 Å². The van der Waals surface area contributed by atoms with Crippen molar-refractivity contribution >= 4 is 11.9 Å². The van der Waals surface area contributed by atoms with Gasteiger partial charge in [0.1, 0.15) is 6.61 Å². The van der Waals surface area contributed by atoms with Gasteiger partial charge in [0, 0.05) is 12.8 Å². The SMILES string of the molecule is CCC=CCC=CCC=CCC=CCC=CCCCCCC(=O)O[C@@H](CO)COC(=O)CCCCCCCCCCCCCC. The lowest BCUT2D eigenvalue weighted by molar-refractivity contribution is -0.161. The third-order valence-corrected chi connectivity index (χ3v) is 7.58. The van der Waals surface area contributed by atoms with Crippen LogP contribution >= 0.6 is 0 Å². The summed E-state index contributed by atoms with van der Waals surface area (Å²) in [5, 5.41) is 9.52. The van der Waals surface area contributed by atoms with E-state index >= 15 is 0 Å². The van der Waals surface area contributed by atoms with Crippen LogP contribution in [0.5, 0.6) is 0 Å². The maximum atomic E-state index is 12.1. The van der Waals surface area contributed by atoms with Crippen molar-refractivity contribution in [3.05, 3.63) is 60.8 Å². The topological polar surface area (TPSA) is 72.8 Å². The van der Waals surface area contributed by atoms with Gasteiger partial charge in [-0.1, -0.05) is 152 Å². The lowest BCUT2D eigenvalue weighted by atomic mass is 10.0. The molecule has 0 spiro atoms. The first-order valence-electron chi connectivity index (χ1n) is 18.3. The van der Waals surface area contributed by atoms with Crippen LogP contribution in [-0.2, 0) is 19.1 Å². The molecule has 1 N–H and O–H groups in total. The van der Waals surface area contributed by atoms with Crippen molar-refractivity contribution in [1.82, 2.24) is 0 Å². The number of ether oxygens (including phenoxy) is 2. The first-order valence-corrected chi connectivity index (χ1v) is 18.3. The van der Waals surface area contributed by atoms with Crippen LogP contribution in [-0.4, -0.2) is 36.4 Å². The van der Waals surface area contributed by atoms with Crippen molar-refractivity contribution in [2.75, 3.05) is 13.2 Å². The largest absolute Gasteiger partial charge is 0.462 e. The number of aliphatic hydroxyl groups is 1. The average molecular weight is 629 g/mol. The quantitative estimate of drug-likeness (QED) is 0.0456. The highest BCUT2D eigenvalue weighted by Crippen LogP contribution is 2.13. The van der Waals surface area contributed by atoms with Crippen LogP contribution in [0.2, 0.25) is 0 Å². The maximum absolute atomic E-state index is 12.1. The van der Waals surface area contributed by atoms with Crippen LogP contribution in [0.3, 0.4) is 0 Å². The number of esters is 2. The van der Waals surface area contributed by atoms with Gasteiger partial charge in [0.15, 0.2) is 6.10 Å². The minimum atomic E-state index is -0.787. The van der Waals surface area contributed by atoms with E-state index in [1.165, 1.54) is 57.8 Å². The van der Waals surface area contributed by atoms with E-state index < -0.39 is 6.10 Å². The minimum Gasteiger partial charge on any atom is -0.462 e. The number of hydrogen-bond donors (Lipinski definition) is 1. The van der Waals surface area contributed by atoms with Crippen molar-refractivity contribution < 1.29 is 24.2 Å². The van der Waals surface area contributed by atoms with Gasteiger partial charge in [-0.15, -0.1) is 0 Å². The van der Waals surface area contributed by atoms with Crippen molar-refractivity contribution in [1.29, 1.82) is 0 Å². The second kappa shape index (κ2) is 36.1. The van der Waals surface area contributed by atoms with Crippen LogP contribution in [0.25, 0.3) is 0 Å². The molecule has 45 heavy (non-hydrogen) atoms. The lowest BCUT2D eigenvalue weighted by Gasteiger charge is -2.15. The molecular weight excluding hydrogens is 560 g/mol. The molecule has 0 aromatic heterocycles. The second-order valence-electron chi connectivity index (χ2n) is 11.9. The number of unbranched alkanes of at least 4 members (excludes halogenated alkanes) is 14. The highest BCUT2D eigenvalue weighted by molar-refractivity contribution is 5.70. The predicted molar refractivity (Wildman–Crippen MR) is 191 cm³/mol. The van der Waals surface area contributed by atoms with E-state index in [1.807, 2.05) is 0 Å². The maximum Gasteiger partial charge on any atom is 0.306 e.